The van der Waals surface area contributed by atoms with Crippen molar-refractivity contribution in [1.82, 2.24) is 0 Å². The molecule has 2 aliphatic rings. The number of rotatable bonds is 32. The quantitative estimate of drug-likeness (QED) is 0.00370. The van der Waals surface area contributed by atoms with Crippen molar-refractivity contribution in [1.29, 1.82) is 5.41 Å². The number of hydrogen-bond acceptors (Lipinski definition) is 29. The largest absolute Gasteiger partial charge is 1.00 e. The van der Waals surface area contributed by atoms with Gasteiger partial charge in [0.25, 0.3) is 76.8 Å². The van der Waals surface area contributed by atoms with Gasteiger partial charge in [0.05, 0.1) is 39.4 Å². The van der Waals surface area contributed by atoms with Gasteiger partial charge in [-0.25, -0.2) is 26.0 Å². The molecule has 52 heteroatoms. The molecule has 11 N–H and O–H groups in total. The van der Waals surface area contributed by atoms with E-state index < -0.39 is 164 Å². The summed E-state index contributed by atoms with van der Waals surface area (Å²) in [5, 5.41) is 16.9. The first-order valence-electron chi connectivity index (χ1n) is 42.7. The Hall–Kier alpha value is -9.57. The first-order valence-corrected chi connectivity index (χ1v) is 56.4. The third kappa shape index (κ3) is 38.8. The molecule has 778 valence electrons. The van der Waals surface area contributed by atoms with E-state index in [0.717, 1.165) is 149 Å². The van der Waals surface area contributed by atoms with E-state index in [-0.39, 0.29) is 95.9 Å². The van der Waals surface area contributed by atoms with Gasteiger partial charge in [-0.05, 0) is 243 Å². The van der Waals surface area contributed by atoms with Crippen LogP contribution in [-0.4, -0.2) is 233 Å². The summed E-state index contributed by atoms with van der Waals surface area (Å²) in [7, 11) is -42.1. The Morgan fingerprint density at radius 3 is 1.11 bits per heavy atom. The van der Waals surface area contributed by atoms with Crippen molar-refractivity contribution >= 4 is 173 Å². The number of nitrogens with zero attached hydrogens (tertiary/aromatic N) is 5. The van der Waals surface area contributed by atoms with Crippen LogP contribution in [0, 0.1) is 11.3 Å². The molecule has 0 saturated heterocycles. The standard InChI is InChI=1S/C27H34N2O6S2.C27H32N2O6S2.C10H15N.C8H10N2O8S2.C7H5ClO4S.C7H5ClO.C7H6O7S2.2Na.2H/c2*1-5-28(6-2)22-13-9-20(10-14-22)27(21-11-15-23(16-12-21)29(7-3)8-4)25-19-24(36(30,31)32)17-18-26(25)37(33,34)35;1-3-11(4-2)10-8-6-5-7-9-10;9-8(10)18-7(11)5-3-4(19(12,13)14)1-2-6(5)20(15,16)17;8-7-2-1-6(13(10,11)12)3-5(7)4-9;8-7-4-2-1-3-6(7)5-9;8-4-5-3-6(15(9,10)11)1-2-7(5)16(12,13)14;;;;/h9-20,27H,5-8H2,1-4H3,(H-,30,31,32,33,34,35);9-19H,5-8H2,1-4H3,(H-,30,31,32,33,34,35);5-9H,3-4H2,1-2H3;1-3,7,11H,(H3,9,10)(H,12,13,14)(H,15,16,17);1-4H,(H,10,11,12);1-5H;1-4H,(H,9,10,11)(H,12,13,14);;;;/q;;;;;;;2*+1;2*-1. The van der Waals surface area contributed by atoms with Crippen molar-refractivity contribution in [2.45, 2.75) is 126 Å². The van der Waals surface area contributed by atoms with Gasteiger partial charge in [0.15, 0.2) is 30.3 Å². The average molecular weight is 2240 g/mol. The zero-order valence-corrected chi connectivity index (χ0v) is 93.1. The number of anilines is 3. The van der Waals surface area contributed by atoms with Crippen LogP contribution in [0.5, 0.6) is 0 Å². The number of carbonyl (C=O) groups is 3. The van der Waals surface area contributed by atoms with Crippen molar-refractivity contribution in [3.63, 3.8) is 0 Å². The number of allylic oxidation sites excluding steroid dienone is 9. The first kappa shape index (κ1) is 130. The molecule has 11 rings (SSSR count). The minimum absolute atomic E-state index is 0. The molecule has 0 radical (unpaired) electrons. The number of para-hydroxylation sites is 1. The maximum atomic E-state index is 12.4. The van der Waals surface area contributed by atoms with E-state index >= 15 is 0 Å². The van der Waals surface area contributed by atoms with E-state index in [9.17, 15) is 123 Å². The van der Waals surface area contributed by atoms with Crippen molar-refractivity contribution in [3.8, 4) is 0 Å². The van der Waals surface area contributed by atoms with E-state index in [1.54, 1.807) is 24.3 Å². The fourth-order valence-electron chi connectivity index (χ4n) is 14.1. The summed E-state index contributed by atoms with van der Waals surface area (Å²) in [5.41, 5.74) is 11.7. The third-order valence-corrected chi connectivity index (χ3v) is 29.8. The summed E-state index contributed by atoms with van der Waals surface area (Å²) in [5.74, 6) is -1.01. The fourth-order valence-corrected chi connectivity index (χ4v) is 19.8. The van der Waals surface area contributed by atoms with E-state index in [1.165, 1.54) is 11.8 Å². The Morgan fingerprint density at radius 2 is 0.738 bits per heavy atom. The van der Waals surface area contributed by atoms with Crippen LogP contribution >= 0.6 is 23.2 Å². The molecule has 0 aliphatic heterocycles. The summed E-state index contributed by atoms with van der Waals surface area (Å²) in [6.45, 7) is 29.5. The Morgan fingerprint density at radius 1 is 0.400 bits per heavy atom. The number of nitrogens with one attached hydrogen (secondary N) is 1. The van der Waals surface area contributed by atoms with E-state index in [0.29, 0.717) is 70.0 Å². The van der Waals surface area contributed by atoms with E-state index in [2.05, 4.69) is 94.4 Å². The number of carbonyl (C=O) groups excluding carboxylic acids is 3. The molecular weight excluding hydrogens is 2130 g/mol. The van der Waals surface area contributed by atoms with Crippen LogP contribution in [0.25, 0.3) is 5.57 Å². The zero-order valence-electron chi connectivity index (χ0n) is 82.2. The third-order valence-electron chi connectivity index (χ3n) is 21.2. The number of aliphatic hydroxyl groups is 1. The van der Waals surface area contributed by atoms with Crippen LogP contribution in [0.2, 0.25) is 10.0 Å². The Kier molecular flexibility index (Phi) is 51.7. The number of ether oxygens (including phenoxy) is 1. The molecule has 0 amide bonds. The summed E-state index contributed by atoms with van der Waals surface area (Å²) in [6.07, 6.45) is 14.3. The Bertz CT molecular complexity index is 7420. The molecule has 0 aromatic heterocycles. The van der Waals surface area contributed by atoms with E-state index in [1.807, 2.05) is 131 Å². The Labute approximate surface area is 902 Å². The average Bonchev–Trinajstić information content (AvgIpc) is 0.763. The van der Waals surface area contributed by atoms with Crippen LogP contribution in [0.1, 0.15) is 143 Å². The molecule has 0 heterocycles. The molecule has 9 aromatic rings. The minimum Gasteiger partial charge on any atom is -1.00 e. The van der Waals surface area contributed by atoms with Gasteiger partial charge in [-0.15, -0.1) is 0 Å². The number of hydrogen-bond donors (Lipinski definition) is 10. The smallest absolute Gasteiger partial charge is 1.00 e. The van der Waals surface area contributed by atoms with Crippen LogP contribution in [-0.2, 0) is 95.8 Å². The molecule has 9 aromatic carbocycles. The van der Waals surface area contributed by atoms with Gasteiger partial charge in [0, 0.05) is 120 Å². The first-order chi connectivity index (χ1) is 66.6. The summed E-state index contributed by atoms with van der Waals surface area (Å²) < 4.78 is 300. The van der Waals surface area contributed by atoms with Gasteiger partial charge in [0.1, 0.15) is 61.1 Å². The molecule has 39 nitrogen and oxygen atoms in total. The molecule has 0 bridgehead atoms. The second kappa shape index (κ2) is 57.8. The molecule has 0 spiro atoms. The van der Waals surface area contributed by atoms with Gasteiger partial charge in [-0.1, -0.05) is 96.0 Å². The monoisotopic (exact) mass is 2240 g/mol. The van der Waals surface area contributed by atoms with Crippen molar-refractivity contribution < 1.29 is 212 Å². The number of amidine groups is 1. The second-order valence-electron chi connectivity index (χ2n) is 29.8. The predicted molar refractivity (Wildman–Crippen MR) is 540 cm³/mol. The maximum Gasteiger partial charge on any atom is 1.00 e. The van der Waals surface area contributed by atoms with Gasteiger partial charge >= 0.3 is 59.1 Å². The molecular formula is C93H109Cl2N7Na2O32S9. The van der Waals surface area contributed by atoms with Crippen molar-refractivity contribution in [2.24, 2.45) is 11.7 Å². The van der Waals surface area contributed by atoms with Crippen LogP contribution < -0.4 is 79.5 Å². The number of halogens is 2. The number of aldehydes is 3. The molecule has 0 saturated carbocycles. The van der Waals surface area contributed by atoms with Gasteiger partial charge in [-0.2, -0.15) is 58.9 Å². The normalized spacial score (nSPS) is 13.3. The molecule has 2 atom stereocenters. The SMILES string of the molecule is CCN(CC)c1ccc(C(=C2C=CC(=[N+](CC)CC)C=C2)c2cc(S(=O)(=O)O)ccc2S(=O)(=O)O)cc1.CCN(CC)c1ccc(C(c2cc(S(=O)(=O)O)ccc2S(=O)(=O)O)C2C=CC(=[N+](CC)CC)C=C2)cc1.CCN(CC)c1ccccc1.N=C(N)OC(O)c1cc(S(=O)(=O)O)ccc1S(=O)(=O)O.O=Cc1cc(S(=O)(=O)[O-])ccc1Cl.O=Cc1cc(S(=O)(=O)[O-])ccc1S(=O)(=O)O.O=Cc1ccccc1Cl.[H-].[H-].[Na+].[Na+]. The minimum atomic E-state index is -4.80. The number of benzene rings is 9. The summed E-state index contributed by atoms with van der Waals surface area (Å²) in [4.78, 5) is 32.3. The molecule has 2 unspecified atom stereocenters. The van der Waals surface area contributed by atoms with Crippen molar-refractivity contribution in [2.75, 3.05) is 80.1 Å². The van der Waals surface area contributed by atoms with Crippen LogP contribution in [0.3, 0.4) is 0 Å². The van der Waals surface area contributed by atoms with Gasteiger partial charge < -0.3 is 42.2 Å². The van der Waals surface area contributed by atoms with Crippen molar-refractivity contribution in [3.05, 3.63) is 303 Å². The van der Waals surface area contributed by atoms with Crippen LogP contribution in [0.15, 0.2) is 292 Å². The number of aliphatic hydroxyl groups excluding tert-OH is 1. The topological polar surface area (TPSA) is 641 Å². The zero-order chi connectivity index (χ0) is 108. The number of nitrogens with two attached hydrogens (primary N) is 1. The molecule has 0 fully saturated rings. The molecule has 2 aliphatic carbocycles. The Balaban J connectivity index is 0.000000905. The summed E-state index contributed by atoms with van der Waals surface area (Å²) in [6, 6.07) is 44.7. The van der Waals surface area contributed by atoms with Crippen LogP contribution in [0.4, 0.5) is 17.1 Å². The molecule has 145 heavy (non-hydrogen) atoms. The fraction of sp³-hybridized carbons (Fsp3) is 0.247. The maximum absolute atomic E-state index is 12.4. The second-order valence-corrected chi connectivity index (χ2v) is 43.2. The van der Waals surface area contributed by atoms with E-state index in [4.69, 9.17) is 48.0 Å². The van der Waals surface area contributed by atoms with Gasteiger partial charge in [-0.3, -0.25) is 51.7 Å². The summed E-state index contributed by atoms with van der Waals surface area (Å²) >= 11 is 11.1. The predicted octanol–water partition coefficient (Wildman–Crippen LogP) is 7.55. The van der Waals surface area contributed by atoms with Gasteiger partial charge in [0.2, 0.25) is 6.29 Å².